The largest absolute Gasteiger partial charge is 0.455 e. The first-order chi connectivity index (χ1) is 12.6. The van der Waals surface area contributed by atoms with Crippen molar-refractivity contribution in [1.29, 1.82) is 0 Å². The Labute approximate surface area is 155 Å². The minimum absolute atomic E-state index is 0.210. The standard InChI is InChI=1S/C23H28FNO/c1-15(23-11-16-8-17(12-23)10-18(9-16)13-23)25-14-21-6-7-22(26-21)19-2-4-20(24)5-3-19/h2-7,15-18,25H,8-14H2,1H3/p+1/t15-,16?,17?,18?,23?/m1/s1. The molecule has 4 fully saturated rings. The minimum Gasteiger partial charge on any atom is -0.455 e. The van der Waals surface area contributed by atoms with E-state index < -0.39 is 0 Å². The number of furan rings is 1. The van der Waals surface area contributed by atoms with Crippen LogP contribution in [0, 0.1) is 29.0 Å². The van der Waals surface area contributed by atoms with Gasteiger partial charge < -0.3 is 9.73 Å². The SMILES string of the molecule is C[C@@H]([NH2+]Cc1ccc(-c2ccc(F)cc2)o1)C12CC3CC(CC(C3)C1)C2. The topological polar surface area (TPSA) is 29.8 Å². The Bertz CT molecular complexity index is 742. The van der Waals surface area contributed by atoms with Crippen LogP contribution in [0.1, 0.15) is 51.2 Å². The maximum Gasteiger partial charge on any atom is 0.158 e. The number of quaternary nitrogens is 1. The number of rotatable bonds is 5. The van der Waals surface area contributed by atoms with Crippen LogP contribution in [-0.4, -0.2) is 6.04 Å². The highest BCUT2D eigenvalue weighted by molar-refractivity contribution is 5.57. The van der Waals surface area contributed by atoms with Gasteiger partial charge in [-0.15, -0.1) is 0 Å². The van der Waals surface area contributed by atoms with E-state index in [1.807, 2.05) is 6.07 Å². The summed E-state index contributed by atoms with van der Waals surface area (Å²) in [5.74, 6) is 4.65. The normalized spacial score (nSPS) is 33.5. The van der Waals surface area contributed by atoms with Crippen molar-refractivity contribution in [3.8, 4) is 11.3 Å². The molecule has 0 saturated heterocycles. The molecular formula is C23H29FNO+. The van der Waals surface area contributed by atoms with E-state index in [9.17, 15) is 4.39 Å². The number of hydrogen-bond donors (Lipinski definition) is 1. The zero-order valence-electron chi connectivity index (χ0n) is 15.6. The maximum atomic E-state index is 13.1. The highest BCUT2D eigenvalue weighted by atomic mass is 19.1. The van der Waals surface area contributed by atoms with Crippen LogP contribution in [-0.2, 0) is 6.54 Å². The quantitative estimate of drug-likeness (QED) is 0.825. The van der Waals surface area contributed by atoms with Crippen molar-refractivity contribution in [3.05, 3.63) is 48.0 Å². The molecule has 1 aromatic carbocycles. The van der Waals surface area contributed by atoms with Crippen LogP contribution >= 0.6 is 0 Å². The molecule has 3 heteroatoms. The third-order valence-corrected chi connectivity index (χ3v) is 7.51. The fraction of sp³-hybridized carbons (Fsp3) is 0.565. The molecule has 0 amide bonds. The van der Waals surface area contributed by atoms with Gasteiger partial charge in [0.1, 0.15) is 18.1 Å². The van der Waals surface area contributed by atoms with E-state index in [1.54, 1.807) is 12.1 Å². The first kappa shape index (κ1) is 16.6. The van der Waals surface area contributed by atoms with Crippen molar-refractivity contribution < 1.29 is 14.1 Å². The van der Waals surface area contributed by atoms with Crippen LogP contribution in [0.5, 0.6) is 0 Å². The van der Waals surface area contributed by atoms with Gasteiger partial charge in [0.15, 0.2) is 5.76 Å². The van der Waals surface area contributed by atoms with Gasteiger partial charge in [-0.25, -0.2) is 4.39 Å². The first-order valence-electron chi connectivity index (χ1n) is 10.3. The summed E-state index contributed by atoms with van der Waals surface area (Å²) in [6, 6.07) is 11.3. The lowest BCUT2D eigenvalue weighted by Crippen LogP contribution is -2.91. The molecule has 4 aliphatic carbocycles. The number of nitrogens with two attached hydrogens (primary N) is 1. The molecule has 6 rings (SSSR count). The van der Waals surface area contributed by atoms with Gasteiger partial charge in [-0.3, -0.25) is 0 Å². The Morgan fingerprint density at radius 2 is 1.62 bits per heavy atom. The van der Waals surface area contributed by atoms with Crippen molar-refractivity contribution >= 4 is 0 Å². The van der Waals surface area contributed by atoms with Gasteiger partial charge in [-0.1, -0.05) is 0 Å². The molecule has 1 atom stereocenters. The van der Waals surface area contributed by atoms with E-state index in [1.165, 1.54) is 50.7 Å². The number of hydrogen-bond acceptors (Lipinski definition) is 1. The van der Waals surface area contributed by atoms with E-state index in [-0.39, 0.29) is 5.82 Å². The van der Waals surface area contributed by atoms with Crippen molar-refractivity contribution in [1.82, 2.24) is 0 Å². The summed E-state index contributed by atoms with van der Waals surface area (Å²) < 4.78 is 19.1. The Balaban J connectivity index is 1.25. The van der Waals surface area contributed by atoms with Gasteiger partial charge in [-0.05, 0) is 99.6 Å². The summed E-state index contributed by atoms with van der Waals surface area (Å²) in [6.07, 6.45) is 8.88. The lowest BCUT2D eigenvalue weighted by molar-refractivity contribution is -0.718. The van der Waals surface area contributed by atoms with Crippen molar-refractivity contribution in [2.75, 3.05) is 0 Å². The second-order valence-electron chi connectivity index (χ2n) is 9.28. The first-order valence-corrected chi connectivity index (χ1v) is 10.3. The molecule has 2 N–H and O–H groups in total. The number of halogens is 1. The molecule has 2 nitrogen and oxygen atoms in total. The number of benzene rings is 1. The van der Waals surface area contributed by atoms with Gasteiger partial charge in [0.25, 0.3) is 0 Å². The molecule has 4 bridgehead atoms. The second kappa shape index (κ2) is 6.23. The summed E-state index contributed by atoms with van der Waals surface area (Å²) in [5, 5.41) is 2.50. The molecule has 26 heavy (non-hydrogen) atoms. The van der Waals surface area contributed by atoms with Crippen LogP contribution in [0.4, 0.5) is 4.39 Å². The summed E-state index contributed by atoms with van der Waals surface area (Å²) in [7, 11) is 0. The summed E-state index contributed by atoms with van der Waals surface area (Å²) in [6.45, 7) is 3.33. The Morgan fingerprint density at radius 1 is 1.00 bits per heavy atom. The minimum atomic E-state index is -0.210. The molecule has 2 aromatic rings. The van der Waals surface area contributed by atoms with Gasteiger partial charge in [0.05, 0.1) is 6.04 Å². The lowest BCUT2D eigenvalue weighted by Gasteiger charge is -2.57. The van der Waals surface area contributed by atoms with E-state index in [4.69, 9.17) is 4.42 Å². The average molecular weight is 354 g/mol. The highest BCUT2D eigenvalue weighted by Gasteiger charge is 2.54. The predicted octanol–water partition coefficient (Wildman–Crippen LogP) is 4.75. The molecule has 4 aliphatic rings. The van der Waals surface area contributed by atoms with Crippen LogP contribution in [0.25, 0.3) is 11.3 Å². The van der Waals surface area contributed by atoms with Crippen molar-refractivity contribution in [2.45, 2.75) is 58.0 Å². The molecular weight excluding hydrogens is 325 g/mol. The molecule has 0 spiro atoms. The molecule has 0 radical (unpaired) electrons. The predicted molar refractivity (Wildman–Crippen MR) is 99.8 cm³/mol. The fourth-order valence-electron chi connectivity index (χ4n) is 6.54. The molecule has 1 heterocycles. The monoisotopic (exact) mass is 354 g/mol. The van der Waals surface area contributed by atoms with E-state index >= 15 is 0 Å². The van der Waals surface area contributed by atoms with Gasteiger partial charge in [-0.2, -0.15) is 0 Å². The third kappa shape index (κ3) is 2.90. The second-order valence-corrected chi connectivity index (χ2v) is 9.28. The van der Waals surface area contributed by atoms with Crippen LogP contribution in [0.3, 0.4) is 0 Å². The fourth-order valence-corrected chi connectivity index (χ4v) is 6.54. The Kier molecular flexibility index (Phi) is 3.97. The van der Waals surface area contributed by atoms with Gasteiger partial charge in [0.2, 0.25) is 0 Å². The van der Waals surface area contributed by atoms with Gasteiger partial charge >= 0.3 is 0 Å². The third-order valence-electron chi connectivity index (χ3n) is 7.51. The molecule has 138 valence electrons. The van der Waals surface area contributed by atoms with Crippen LogP contribution < -0.4 is 5.32 Å². The van der Waals surface area contributed by atoms with Crippen LogP contribution in [0.15, 0.2) is 40.8 Å². The highest BCUT2D eigenvalue weighted by Crippen LogP contribution is 2.60. The molecule has 0 unspecified atom stereocenters. The summed E-state index contributed by atoms with van der Waals surface area (Å²) in [4.78, 5) is 0. The van der Waals surface area contributed by atoms with Crippen molar-refractivity contribution in [2.24, 2.45) is 23.2 Å². The van der Waals surface area contributed by atoms with Crippen molar-refractivity contribution in [3.63, 3.8) is 0 Å². The zero-order valence-corrected chi connectivity index (χ0v) is 15.6. The lowest BCUT2D eigenvalue weighted by atomic mass is 9.48. The Morgan fingerprint density at radius 3 is 2.23 bits per heavy atom. The van der Waals surface area contributed by atoms with E-state index in [0.29, 0.717) is 11.5 Å². The van der Waals surface area contributed by atoms with E-state index in [0.717, 1.165) is 41.4 Å². The summed E-state index contributed by atoms with van der Waals surface area (Å²) >= 11 is 0. The maximum absolute atomic E-state index is 13.1. The Hall–Kier alpha value is -1.61. The summed E-state index contributed by atoms with van der Waals surface area (Å²) in [5.41, 5.74) is 1.51. The van der Waals surface area contributed by atoms with Gasteiger partial charge in [0, 0.05) is 11.0 Å². The average Bonchev–Trinajstić information content (AvgIpc) is 3.08. The van der Waals surface area contributed by atoms with E-state index in [2.05, 4.69) is 18.3 Å². The van der Waals surface area contributed by atoms with Crippen LogP contribution in [0.2, 0.25) is 0 Å². The molecule has 1 aromatic heterocycles. The zero-order chi connectivity index (χ0) is 17.7. The smallest absolute Gasteiger partial charge is 0.158 e. The molecule has 4 saturated carbocycles. The molecule has 0 aliphatic heterocycles.